The van der Waals surface area contributed by atoms with E-state index in [-0.39, 0.29) is 17.1 Å². The number of halogens is 1. The second kappa shape index (κ2) is 9.88. The summed E-state index contributed by atoms with van der Waals surface area (Å²) in [6.45, 7) is 0. The first-order valence-corrected chi connectivity index (χ1v) is 12.5. The lowest BCUT2D eigenvalue weighted by atomic mass is 10.1. The van der Waals surface area contributed by atoms with Gasteiger partial charge in [0.1, 0.15) is 11.5 Å². The largest absolute Gasteiger partial charge is 0.291 e. The smallest absolute Gasteiger partial charge is 0.266 e. The normalized spacial score (nSPS) is 12.1. The standard InChI is InChI=1S/C28H17FN6O3S/c29-21-12-9-18(10-13-21)11-14-25-30-28-34(31-25)27(36)24(39-28)16-20-17-33(22-6-2-1-3-7-22)32-26(20)19-5-4-8-23(15-19)35(37)38/h1-17H/b14-11+,24-16-. The van der Waals surface area contributed by atoms with E-state index in [9.17, 15) is 19.3 Å². The molecule has 0 saturated heterocycles. The highest BCUT2D eigenvalue weighted by molar-refractivity contribution is 7.15. The molecule has 0 saturated carbocycles. The Kier molecular flexibility index (Phi) is 6.10. The van der Waals surface area contributed by atoms with Crippen LogP contribution in [-0.4, -0.2) is 29.3 Å². The zero-order valence-electron chi connectivity index (χ0n) is 20.0. The highest BCUT2D eigenvalue weighted by Crippen LogP contribution is 2.27. The van der Waals surface area contributed by atoms with Gasteiger partial charge in [-0.25, -0.2) is 9.07 Å². The van der Waals surface area contributed by atoms with E-state index in [1.807, 2.05) is 30.3 Å². The summed E-state index contributed by atoms with van der Waals surface area (Å²) in [6, 6.07) is 21.6. The molecule has 190 valence electrons. The van der Waals surface area contributed by atoms with Crippen molar-refractivity contribution >= 4 is 40.2 Å². The molecule has 0 aliphatic heterocycles. The third-order valence-electron chi connectivity index (χ3n) is 5.87. The van der Waals surface area contributed by atoms with Crippen LogP contribution in [0.3, 0.4) is 0 Å². The van der Waals surface area contributed by atoms with Gasteiger partial charge in [0.2, 0.25) is 4.96 Å². The number of aromatic nitrogens is 5. The number of hydrogen-bond donors (Lipinski definition) is 0. The molecule has 0 aliphatic rings. The summed E-state index contributed by atoms with van der Waals surface area (Å²) in [5.74, 6) is 0.0268. The summed E-state index contributed by atoms with van der Waals surface area (Å²) in [6.07, 6.45) is 6.85. The van der Waals surface area contributed by atoms with Gasteiger partial charge in [-0.05, 0) is 42.0 Å². The molecule has 0 spiro atoms. The number of benzene rings is 3. The van der Waals surface area contributed by atoms with Crippen LogP contribution in [0.15, 0.2) is 89.9 Å². The van der Waals surface area contributed by atoms with Gasteiger partial charge in [-0.15, -0.1) is 5.10 Å². The number of nitro groups is 1. The fraction of sp³-hybridized carbons (Fsp3) is 0. The number of nitrogens with zero attached hydrogens (tertiary/aromatic N) is 6. The molecule has 0 fully saturated rings. The lowest BCUT2D eigenvalue weighted by Gasteiger charge is -2.00. The van der Waals surface area contributed by atoms with Gasteiger partial charge in [-0.3, -0.25) is 14.9 Å². The van der Waals surface area contributed by atoms with Crippen LogP contribution in [-0.2, 0) is 0 Å². The monoisotopic (exact) mass is 536 g/mol. The number of nitro benzene ring substituents is 1. The third-order valence-corrected chi connectivity index (χ3v) is 6.83. The maximum Gasteiger partial charge on any atom is 0.291 e. The van der Waals surface area contributed by atoms with E-state index in [1.54, 1.807) is 53.4 Å². The van der Waals surface area contributed by atoms with Crippen molar-refractivity contribution in [3.05, 3.63) is 133 Å². The highest BCUT2D eigenvalue weighted by atomic mass is 32.1. The number of fused-ring (bicyclic) bond motifs is 1. The summed E-state index contributed by atoms with van der Waals surface area (Å²) in [5.41, 5.74) is 2.81. The average molecular weight is 537 g/mol. The van der Waals surface area contributed by atoms with Crippen molar-refractivity contribution in [2.45, 2.75) is 0 Å². The molecule has 6 rings (SSSR count). The Hall–Kier alpha value is -5.29. The molecule has 0 unspecified atom stereocenters. The Morgan fingerprint density at radius 2 is 1.74 bits per heavy atom. The van der Waals surface area contributed by atoms with Crippen LogP contribution >= 0.6 is 11.3 Å². The average Bonchev–Trinajstić information content (AvgIpc) is 3.64. The maximum absolute atomic E-state index is 13.2. The molecule has 0 aliphatic carbocycles. The van der Waals surface area contributed by atoms with Gasteiger partial charge in [-0.2, -0.15) is 14.6 Å². The van der Waals surface area contributed by atoms with Crippen LogP contribution in [0.4, 0.5) is 10.1 Å². The summed E-state index contributed by atoms with van der Waals surface area (Å²) < 4.78 is 16.4. The van der Waals surface area contributed by atoms with Crippen LogP contribution in [0.2, 0.25) is 0 Å². The Morgan fingerprint density at radius 3 is 2.49 bits per heavy atom. The molecule has 6 aromatic rings. The first kappa shape index (κ1) is 24.1. The number of hydrogen-bond acceptors (Lipinski definition) is 7. The molecular formula is C28H17FN6O3S. The van der Waals surface area contributed by atoms with Crippen molar-refractivity contribution in [2.24, 2.45) is 0 Å². The first-order chi connectivity index (χ1) is 18.9. The summed E-state index contributed by atoms with van der Waals surface area (Å²) in [7, 11) is 0. The second-order valence-electron chi connectivity index (χ2n) is 8.49. The Labute approximate surface area is 223 Å². The van der Waals surface area contributed by atoms with E-state index in [4.69, 9.17) is 0 Å². The van der Waals surface area contributed by atoms with E-state index >= 15 is 0 Å². The van der Waals surface area contributed by atoms with Gasteiger partial charge in [0, 0.05) is 29.5 Å². The molecule has 0 radical (unpaired) electrons. The topological polar surface area (TPSA) is 108 Å². The third kappa shape index (κ3) is 4.86. The molecule has 3 aromatic carbocycles. The number of rotatable bonds is 6. The van der Waals surface area contributed by atoms with E-state index in [1.165, 1.54) is 40.1 Å². The van der Waals surface area contributed by atoms with Crippen molar-refractivity contribution in [3.63, 3.8) is 0 Å². The molecule has 0 amide bonds. The predicted molar refractivity (Wildman–Crippen MR) is 147 cm³/mol. The first-order valence-electron chi connectivity index (χ1n) is 11.7. The van der Waals surface area contributed by atoms with Crippen molar-refractivity contribution < 1.29 is 9.31 Å². The Balaban J connectivity index is 1.42. The van der Waals surface area contributed by atoms with Gasteiger partial charge >= 0.3 is 0 Å². The second-order valence-corrected chi connectivity index (χ2v) is 9.49. The lowest BCUT2D eigenvalue weighted by Crippen LogP contribution is -2.23. The van der Waals surface area contributed by atoms with E-state index in [0.29, 0.717) is 32.1 Å². The molecule has 39 heavy (non-hydrogen) atoms. The number of thiazole rings is 1. The SMILES string of the molecule is O=c1/c(=C/c2cn(-c3ccccc3)nc2-c2cccc([N+](=O)[O-])c2)sc2nc(/C=C/c3ccc(F)cc3)nn12. The van der Waals surface area contributed by atoms with Crippen molar-refractivity contribution in [1.82, 2.24) is 24.4 Å². The van der Waals surface area contributed by atoms with E-state index in [0.717, 1.165) is 11.3 Å². The van der Waals surface area contributed by atoms with Crippen molar-refractivity contribution in [3.8, 4) is 16.9 Å². The van der Waals surface area contributed by atoms with Gasteiger partial charge in [-0.1, -0.05) is 59.9 Å². The zero-order valence-corrected chi connectivity index (χ0v) is 20.8. The van der Waals surface area contributed by atoms with E-state index < -0.39 is 4.92 Å². The molecule has 3 heterocycles. The molecule has 9 nitrogen and oxygen atoms in total. The fourth-order valence-electron chi connectivity index (χ4n) is 4.00. The van der Waals surface area contributed by atoms with Gasteiger partial charge in [0.05, 0.1) is 15.1 Å². The lowest BCUT2D eigenvalue weighted by molar-refractivity contribution is -0.384. The van der Waals surface area contributed by atoms with Gasteiger partial charge in [0.15, 0.2) is 5.82 Å². The molecule has 0 N–H and O–H groups in total. The van der Waals surface area contributed by atoms with Gasteiger partial charge in [0.25, 0.3) is 11.2 Å². The van der Waals surface area contributed by atoms with Crippen LogP contribution in [0.25, 0.3) is 40.1 Å². The minimum atomic E-state index is -0.459. The molecule has 3 aromatic heterocycles. The highest BCUT2D eigenvalue weighted by Gasteiger charge is 2.16. The maximum atomic E-state index is 13.2. The molecule has 11 heteroatoms. The van der Waals surface area contributed by atoms with Crippen molar-refractivity contribution in [2.75, 3.05) is 0 Å². The van der Waals surface area contributed by atoms with Crippen LogP contribution in [0.5, 0.6) is 0 Å². The van der Waals surface area contributed by atoms with Gasteiger partial charge < -0.3 is 0 Å². The summed E-state index contributed by atoms with van der Waals surface area (Å²) in [5, 5.41) is 20.4. The summed E-state index contributed by atoms with van der Waals surface area (Å²) >= 11 is 1.17. The predicted octanol–water partition coefficient (Wildman–Crippen LogP) is 4.77. The Bertz CT molecular complexity index is 1980. The quantitative estimate of drug-likeness (QED) is 0.224. The molecule has 0 atom stereocenters. The number of para-hydroxylation sites is 1. The zero-order chi connectivity index (χ0) is 26.9. The minimum absolute atomic E-state index is 0.0581. The van der Waals surface area contributed by atoms with Crippen LogP contribution in [0.1, 0.15) is 17.0 Å². The fourth-order valence-corrected chi connectivity index (χ4v) is 4.91. The Morgan fingerprint density at radius 1 is 0.949 bits per heavy atom. The van der Waals surface area contributed by atoms with Crippen LogP contribution < -0.4 is 10.1 Å². The van der Waals surface area contributed by atoms with E-state index in [2.05, 4.69) is 15.2 Å². The minimum Gasteiger partial charge on any atom is -0.266 e. The molecule has 0 bridgehead atoms. The van der Waals surface area contributed by atoms with Crippen molar-refractivity contribution in [1.29, 1.82) is 0 Å². The molecular weight excluding hydrogens is 519 g/mol. The number of non-ortho nitro benzene ring substituents is 1. The van der Waals surface area contributed by atoms with Crippen LogP contribution in [0, 0.1) is 15.9 Å². The summed E-state index contributed by atoms with van der Waals surface area (Å²) in [4.78, 5) is 28.9.